The molecular weight excluding hydrogens is 1300 g/mol. The number of nitrogens with one attached hydrogen (secondary N) is 6. The van der Waals surface area contributed by atoms with E-state index in [9.17, 15) is 33.9 Å². The van der Waals surface area contributed by atoms with Crippen molar-refractivity contribution in [2.24, 2.45) is 0 Å². The lowest BCUT2D eigenvalue weighted by Gasteiger charge is -2.21. The number of hydrogen-bond donors (Lipinski definition) is 7. The number of rotatable bonds is 26. The first-order chi connectivity index (χ1) is 48.5. The van der Waals surface area contributed by atoms with Crippen LogP contribution in [-0.2, 0) is 53.2 Å². The lowest BCUT2D eigenvalue weighted by molar-refractivity contribution is -0.147. The molecule has 0 bridgehead atoms. The molecular formula is C74H90N10O17. The Balaban J connectivity index is 0.000000213. The van der Waals surface area contributed by atoms with Crippen LogP contribution in [0, 0.1) is 16.2 Å². The van der Waals surface area contributed by atoms with E-state index in [-0.39, 0.29) is 86.2 Å². The van der Waals surface area contributed by atoms with Crippen LogP contribution in [0.4, 0.5) is 14.4 Å². The maximum Gasteiger partial charge on any atom is 0.413 e. The van der Waals surface area contributed by atoms with Gasteiger partial charge in [-0.3, -0.25) is 61.3 Å². The van der Waals surface area contributed by atoms with Gasteiger partial charge in [-0.05, 0) is 131 Å². The molecule has 3 fully saturated rings. The number of alkyl carbamates (subject to hydrolysis) is 3. The second kappa shape index (κ2) is 38.9. The first-order valence-corrected chi connectivity index (χ1v) is 32.9. The highest BCUT2D eigenvalue weighted by Crippen LogP contribution is 2.27. The molecule has 3 saturated heterocycles. The standard InChI is InChI=1S/C26H31N3O6.C25H32N4O5.C23H27N3O6/c1-4-13-33-25(30)23-15-22(16-29(23)3)35-21-8-6-7-19(14-21)24(27)28-26(31)34-17-18-9-11-20(12-10-18)32-5-2;1-5-32-19-11-9-17(10-12-19)16-33-25(31)27-23(26)18-7-6-8-20(13-18)34-21-14-22(29(4)15-21)24(30)28(2)3;1-3-30-17-9-7-15(8-10-17)14-31-23(29)25-21(24)16-5-4-6-18(11-16)32-19-12-20(22(27)28)26(2)13-19/h4,6-12,14,22-23H,1,5,13,15-17H2,2-3H3,(H2,27,28,31);6-13,21-22H,5,14-16H2,1-4H3,(H2,26,27,31);4-11,19-20H,3,12-14H2,1-2H3,(H,27,28)(H2,24,25,29)/t22-,23+;21-,22+;19-,20+/m000/s1. The first kappa shape index (κ1) is 77.3. The first-order valence-electron chi connectivity index (χ1n) is 32.9. The summed E-state index contributed by atoms with van der Waals surface area (Å²) in [4.78, 5) is 79.4. The quantitative estimate of drug-likeness (QED) is 0.00874. The summed E-state index contributed by atoms with van der Waals surface area (Å²) in [6.07, 6.45) is 0.188. The number of likely N-dealkylation sites (N-methyl/N-ethyl adjacent to an activating group) is 4. The Bertz CT molecular complexity index is 3780. The molecule has 0 aromatic heterocycles. The SMILES string of the molecule is C=CCOC(=O)[C@H]1C[C@H](Oc2cccc(C(=N)NC(=O)OCc3ccc(OCC)cc3)c2)CN1C.CCOc1ccc(COC(=O)NC(=N)c2cccc(O[C@H]3C[C@H](C(=O)N(C)C)N(C)C3)c2)cc1.CCOc1ccc(COC(=O)NC(=N)c2cccc(O[C@H]3C[C@H](C(=O)O)N(C)C3)c2)cc1. The third-order valence-electron chi connectivity index (χ3n) is 15.9. The summed E-state index contributed by atoms with van der Waals surface area (Å²) in [5.74, 6) is 2.40. The fourth-order valence-corrected chi connectivity index (χ4v) is 10.9. The zero-order chi connectivity index (χ0) is 73.0. The van der Waals surface area contributed by atoms with Crippen molar-refractivity contribution >= 4 is 53.6 Å². The minimum atomic E-state index is -0.873. The number of carboxylic acids is 1. The molecule has 6 aromatic rings. The van der Waals surface area contributed by atoms with Crippen molar-refractivity contribution in [1.82, 2.24) is 35.6 Å². The number of amidine groups is 3. The van der Waals surface area contributed by atoms with Crippen LogP contribution >= 0.6 is 0 Å². The van der Waals surface area contributed by atoms with Gasteiger partial charge in [-0.1, -0.05) is 85.5 Å². The summed E-state index contributed by atoms with van der Waals surface area (Å²) in [5.41, 5.74) is 3.82. The van der Waals surface area contributed by atoms with Gasteiger partial charge in [0.15, 0.2) is 0 Å². The van der Waals surface area contributed by atoms with Gasteiger partial charge in [0.05, 0.1) is 25.9 Å². The number of carbonyl (C=O) groups excluding carboxylic acids is 5. The second-order valence-corrected chi connectivity index (χ2v) is 23.8. The number of carbonyl (C=O) groups is 6. The Kier molecular flexibility index (Phi) is 29.8. The van der Waals surface area contributed by atoms with E-state index in [1.807, 2.05) is 93.2 Å². The van der Waals surface area contributed by atoms with Gasteiger partial charge in [-0.15, -0.1) is 0 Å². The average Bonchev–Trinajstić information content (AvgIpc) is 1.72. The number of carboxylic acid groups (broad SMARTS) is 1. The zero-order valence-electron chi connectivity index (χ0n) is 58.1. The fourth-order valence-electron chi connectivity index (χ4n) is 10.9. The van der Waals surface area contributed by atoms with E-state index < -0.39 is 30.3 Å². The molecule has 9 rings (SSSR count). The monoisotopic (exact) mass is 1390 g/mol. The lowest BCUT2D eigenvalue weighted by atomic mass is 10.1. The van der Waals surface area contributed by atoms with Crippen LogP contribution in [0.25, 0.3) is 0 Å². The van der Waals surface area contributed by atoms with Gasteiger partial charge in [0, 0.05) is 69.7 Å². The second-order valence-electron chi connectivity index (χ2n) is 23.8. The number of esters is 1. The van der Waals surface area contributed by atoms with Crippen molar-refractivity contribution in [3.05, 3.63) is 192 Å². The van der Waals surface area contributed by atoms with E-state index in [0.717, 1.165) is 33.9 Å². The Labute approximate surface area is 588 Å². The third-order valence-corrected chi connectivity index (χ3v) is 15.9. The largest absolute Gasteiger partial charge is 0.494 e. The summed E-state index contributed by atoms with van der Waals surface area (Å²) in [6.45, 7) is 13.1. The van der Waals surface area contributed by atoms with Crippen LogP contribution in [0.1, 0.15) is 73.4 Å². The smallest absolute Gasteiger partial charge is 0.413 e. The van der Waals surface area contributed by atoms with E-state index in [0.29, 0.717) is 92.7 Å². The zero-order valence-corrected chi connectivity index (χ0v) is 58.1. The minimum Gasteiger partial charge on any atom is -0.494 e. The number of hydrogen-bond acceptors (Lipinski definition) is 22. The highest BCUT2D eigenvalue weighted by atomic mass is 16.6. The van der Waals surface area contributed by atoms with Gasteiger partial charge in [0.25, 0.3) is 0 Å². The van der Waals surface area contributed by atoms with E-state index in [2.05, 4.69) is 22.5 Å². The molecule has 4 amide bonds. The van der Waals surface area contributed by atoms with E-state index in [1.165, 1.54) is 6.08 Å². The van der Waals surface area contributed by atoms with Gasteiger partial charge < -0.3 is 57.4 Å². The van der Waals surface area contributed by atoms with Crippen LogP contribution in [-0.4, -0.2) is 196 Å². The van der Waals surface area contributed by atoms with Crippen molar-refractivity contribution in [3.63, 3.8) is 0 Å². The molecule has 6 atom stereocenters. The van der Waals surface area contributed by atoms with Crippen LogP contribution in [0.3, 0.4) is 0 Å². The number of likely N-dealkylation sites (tertiary alicyclic amines) is 3. The summed E-state index contributed by atoms with van der Waals surface area (Å²) < 4.78 is 54.9. The normalized spacial score (nSPS) is 17.7. The molecule has 3 heterocycles. The molecule has 7 N–H and O–H groups in total. The maximum absolute atomic E-state index is 12.3. The van der Waals surface area contributed by atoms with Crippen LogP contribution in [0.2, 0.25) is 0 Å². The lowest BCUT2D eigenvalue weighted by Crippen LogP contribution is -2.40. The summed E-state index contributed by atoms with van der Waals surface area (Å²) in [6, 6.07) is 41.1. The Morgan fingerprint density at radius 1 is 0.475 bits per heavy atom. The molecule has 27 nitrogen and oxygen atoms in total. The summed E-state index contributed by atoms with van der Waals surface area (Å²) in [5, 5.41) is 41.1. The van der Waals surface area contributed by atoms with Crippen LogP contribution in [0.5, 0.6) is 34.5 Å². The van der Waals surface area contributed by atoms with Gasteiger partial charge in [-0.2, -0.15) is 0 Å². The van der Waals surface area contributed by atoms with E-state index >= 15 is 0 Å². The van der Waals surface area contributed by atoms with Crippen molar-refractivity contribution in [2.45, 2.75) is 96.3 Å². The van der Waals surface area contributed by atoms with Crippen molar-refractivity contribution < 1.29 is 81.2 Å². The molecule has 0 aliphatic carbocycles. The minimum absolute atomic E-state index is 0.0528. The van der Waals surface area contributed by atoms with Crippen LogP contribution in [0.15, 0.2) is 158 Å². The van der Waals surface area contributed by atoms with Gasteiger partial charge in [0.1, 0.15) is 109 Å². The number of nitrogens with zero attached hydrogens (tertiary/aromatic N) is 4. The van der Waals surface area contributed by atoms with E-state index in [1.54, 1.807) is 128 Å². The van der Waals surface area contributed by atoms with Gasteiger partial charge in [-0.25, -0.2) is 14.4 Å². The predicted octanol–water partition coefficient (Wildman–Crippen LogP) is 9.27. The third kappa shape index (κ3) is 24.7. The molecule has 27 heteroatoms. The molecule has 0 radical (unpaired) electrons. The van der Waals surface area contributed by atoms with Gasteiger partial charge >= 0.3 is 30.2 Å². The number of aliphatic carboxylic acids is 1. The molecule has 538 valence electrons. The topological polar surface area (TPSA) is 336 Å². The molecule has 0 unspecified atom stereocenters. The summed E-state index contributed by atoms with van der Waals surface area (Å²) in [7, 11) is 8.99. The molecule has 0 spiro atoms. The number of ether oxygens (including phenoxy) is 10. The van der Waals surface area contributed by atoms with Crippen LogP contribution < -0.4 is 44.4 Å². The molecule has 3 aliphatic heterocycles. The molecule has 0 saturated carbocycles. The van der Waals surface area contributed by atoms with Crippen molar-refractivity contribution in [2.75, 3.05) is 81.3 Å². The fraction of sp³-hybridized carbons (Fsp3) is 0.365. The maximum atomic E-state index is 12.3. The number of amides is 4. The predicted molar refractivity (Wildman–Crippen MR) is 376 cm³/mol. The Morgan fingerprint density at radius 3 is 1.10 bits per heavy atom. The van der Waals surface area contributed by atoms with Crippen molar-refractivity contribution in [1.29, 1.82) is 16.2 Å². The Morgan fingerprint density at radius 2 is 0.792 bits per heavy atom. The van der Waals surface area contributed by atoms with E-state index in [4.69, 9.17) is 63.6 Å². The van der Waals surface area contributed by atoms with Crippen molar-refractivity contribution in [3.8, 4) is 34.5 Å². The Hall–Kier alpha value is -11.0. The number of benzene rings is 6. The highest BCUT2D eigenvalue weighted by Gasteiger charge is 2.39. The average molecular weight is 1390 g/mol. The molecule has 101 heavy (non-hydrogen) atoms. The summed E-state index contributed by atoms with van der Waals surface area (Å²) >= 11 is 0. The molecule has 3 aliphatic rings. The molecule has 6 aromatic carbocycles. The highest BCUT2D eigenvalue weighted by molar-refractivity contribution is 6.06. The van der Waals surface area contributed by atoms with Gasteiger partial charge in [0.2, 0.25) is 5.91 Å².